The molecule has 0 aliphatic carbocycles. The molecule has 0 unspecified atom stereocenters. The number of sulfone groups is 1. The molecule has 0 aromatic heterocycles. The maximum absolute atomic E-state index is 12.3. The topological polar surface area (TPSA) is 60.4 Å². The largest absolute Gasteiger partial charge is 0.466 e. The van der Waals surface area contributed by atoms with Gasteiger partial charge >= 0.3 is 5.97 Å². The van der Waals surface area contributed by atoms with Crippen molar-refractivity contribution in [3.8, 4) is 11.1 Å². The first kappa shape index (κ1) is 18.2. The van der Waals surface area contributed by atoms with E-state index in [1.165, 1.54) is 6.92 Å². The third-order valence-electron chi connectivity index (χ3n) is 3.68. The lowest BCUT2D eigenvalue weighted by atomic mass is 10.1. The molecule has 2 rings (SSSR count). The van der Waals surface area contributed by atoms with E-state index < -0.39 is 9.84 Å². The molecule has 0 fully saturated rings. The Kier molecular flexibility index (Phi) is 6.55. The highest BCUT2D eigenvalue weighted by Gasteiger charge is 2.14. The van der Waals surface area contributed by atoms with Crippen molar-refractivity contribution in [2.75, 3.05) is 12.4 Å². The Morgan fingerprint density at radius 1 is 0.875 bits per heavy atom. The number of unbranched alkanes of at least 4 members (excludes halogenated alkanes) is 2. The van der Waals surface area contributed by atoms with Crippen molar-refractivity contribution in [1.82, 2.24) is 0 Å². The van der Waals surface area contributed by atoms with Gasteiger partial charge in [0, 0.05) is 6.92 Å². The van der Waals surface area contributed by atoms with Gasteiger partial charge in [-0.3, -0.25) is 4.79 Å². The summed E-state index contributed by atoms with van der Waals surface area (Å²) in [7, 11) is -3.27. The van der Waals surface area contributed by atoms with Gasteiger partial charge in [0.05, 0.1) is 17.3 Å². The molecule has 0 saturated heterocycles. The van der Waals surface area contributed by atoms with Gasteiger partial charge in [-0.1, -0.05) is 42.5 Å². The van der Waals surface area contributed by atoms with Gasteiger partial charge in [-0.15, -0.1) is 0 Å². The van der Waals surface area contributed by atoms with E-state index in [4.69, 9.17) is 4.74 Å². The quantitative estimate of drug-likeness (QED) is 0.538. The van der Waals surface area contributed by atoms with E-state index in [2.05, 4.69) is 0 Å². The van der Waals surface area contributed by atoms with Crippen LogP contribution in [0.25, 0.3) is 11.1 Å². The molecule has 0 heterocycles. The van der Waals surface area contributed by atoms with Crippen molar-refractivity contribution in [3.05, 3.63) is 54.6 Å². The monoisotopic (exact) mass is 346 g/mol. The minimum Gasteiger partial charge on any atom is -0.466 e. The average molecular weight is 346 g/mol. The molecule has 2 aromatic rings. The molecule has 5 heteroatoms. The summed E-state index contributed by atoms with van der Waals surface area (Å²) in [4.78, 5) is 11.0. The minimum atomic E-state index is -3.27. The summed E-state index contributed by atoms with van der Waals surface area (Å²) in [5.74, 6) is -0.196. The summed E-state index contributed by atoms with van der Waals surface area (Å²) in [6, 6.07) is 16.8. The first-order valence-electron chi connectivity index (χ1n) is 8.01. The summed E-state index contributed by atoms with van der Waals surface area (Å²) < 4.78 is 29.5. The van der Waals surface area contributed by atoms with Crippen LogP contribution in [0, 0.1) is 0 Å². The lowest BCUT2D eigenvalue weighted by molar-refractivity contribution is -0.141. The predicted molar refractivity (Wildman–Crippen MR) is 94.4 cm³/mol. The number of benzene rings is 2. The second kappa shape index (κ2) is 8.64. The van der Waals surface area contributed by atoms with E-state index in [9.17, 15) is 13.2 Å². The Hall–Kier alpha value is -2.14. The van der Waals surface area contributed by atoms with E-state index in [0.717, 1.165) is 11.1 Å². The van der Waals surface area contributed by atoms with Crippen LogP contribution in [0.1, 0.15) is 26.2 Å². The standard InChI is InChI=1S/C19H22O4S/c1-16(20)23-14-6-3-7-15-24(21,22)19-12-10-18(11-13-19)17-8-4-2-5-9-17/h2,4-5,8-13H,3,6-7,14-15H2,1H3. The smallest absolute Gasteiger partial charge is 0.302 e. The summed E-state index contributed by atoms with van der Waals surface area (Å²) >= 11 is 0. The van der Waals surface area contributed by atoms with E-state index in [-0.39, 0.29) is 11.7 Å². The molecule has 24 heavy (non-hydrogen) atoms. The van der Waals surface area contributed by atoms with Crippen LogP contribution in [0.3, 0.4) is 0 Å². The van der Waals surface area contributed by atoms with Crippen molar-refractivity contribution in [2.24, 2.45) is 0 Å². The van der Waals surface area contributed by atoms with Crippen LogP contribution in [-0.2, 0) is 19.4 Å². The Morgan fingerprint density at radius 2 is 1.50 bits per heavy atom. The van der Waals surface area contributed by atoms with Gasteiger partial charge in [-0.25, -0.2) is 8.42 Å². The first-order chi connectivity index (χ1) is 11.5. The van der Waals surface area contributed by atoms with Crippen molar-refractivity contribution < 1.29 is 17.9 Å². The summed E-state index contributed by atoms with van der Waals surface area (Å²) in [5, 5.41) is 0. The highest BCUT2D eigenvalue weighted by atomic mass is 32.2. The first-order valence-corrected chi connectivity index (χ1v) is 9.66. The number of esters is 1. The molecule has 0 N–H and O–H groups in total. The van der Waals surface area contributed by atoms with E-state index in [1.807, 2.05) is 42.5 Å². The van der Waals surface area contributed by atoms with Crippen molar-refractivity contribution in [3.63, 3.8) is 0 Å². The molecule has 128 valence electrons. The Balaban J connectivity index is 1.89. The SMILES string of the molecule is CC(=O)OCCCCCS(=O)(=O)c1ccc(-c2ccccc2)cc1. The van der Waals surface area contributed by atoms with Gasteiger partial charge in [-0.05, 0) is 42.5 Å². The second-order valence-electron chi connectivity index (χ2n) is 5.61. The highest BCUT2D eigenvalue weighted by molar-refractivity contribution is 7.91. The van der Waals surface area contributed by atoms with Crippen LogP contribution in [0.4, 0.5) is 0 Å². The molecule has 0 radical (unpaired) electrons. The van der Waals surface area contributed by atoms with Crippen LogP contribution in [0.15, 0.2) is 59.5 Å². The van der Waals surface area contributed by atoms with Gasteiger partial charge in [0.25, 0.3) is 0 Å². The lowest BCUT2D eigenvalue weighted by Crippen LogP contribution is -2.07. The zero-order valence-corrected chi connectivity index (χ0v) is 14.6. The van der Waals surface area contributed by atoms with Crippen LogP contribution < -0.4 is 0 Å². The van der Waals surface area contributed by atoms with Crippen LogP contribution in [-0.4, -0.2) is 26.7 Å². The fourth-order valence-electron chi connectivity index (χ4n) is 2.39. The summed E-state index contributed by atoms with van der Waals surface area (Å²) in [6.07, 6.45) is 1.96. The molecular weight excluding hydrogens is 324 g/mol. The fraction of sp³-hybridized carbons (Fsp3) is 0.316. The van der Waals surface area contributed by atoms with Crippen molar-refractivity contribution >= 4 is 15.8 Å². The van der Waals surface area contributed by atoms with Crippen molar-refractivity contribution in [1.29, 1.82) is 0 Å². The van der Waals surface area contributed by atoms with Gasteiger partial charge in [0.15, 0.2) is 9.84 Å². The predicted octanol–water partition coefficient (Wildman–Crippen LogP) is 3.86. The fourth-order valence-corrected chi connectivity index (χ4v) is 3.76. The molecule has 2 aromatic carbocycles. The van der Waals surface area contributed by atoms with E-state index in [0.29, 0.717) is 30.8 Å². The molecule has 4 nitrogen and oxygen atoms in total. The van der Waals surface area contributed by atoms with E-state index in [1.54, 1.807) is 12.1 Å². The molecular formula is C19H22O4S. The number of hydrogen-bond acceptors (Lipinski definition) is 4. The van der Waals surface area contributed by atoms with Gasteiger partial charge in [0.2, 0.25) is 0 Å². The molecule has 0 aliphatic heterocycles. The van der Waals surface area contributed by atoms with Crippen LogP contribution in [0.2, 0.25) is 0 Å². The Bertz CT molecular complexity index is 750. The minimum absolute atomic E-state index is 0.109. The molecule has 0 aliphatic rings. The molecule has 0 amide bonds. The van der Waals surface area contributed by atoms with Crippen LogP contribution in [0.5, 0.6) is 0 Å². The highest BCUT2D eigenvalue weighted by Crippen LogP contribution is 2.22. The maximum atomic E-state index is 12.3. The third-order valence-corrected chi connectivity index (χ3v) is 5.50. The zero-order valence-electron chi connectivity index (χ0n) is 13.8. The van der Waals surface area contributed by atoms with Gasteiger partial charge < -0.3 is 4.74 Å². The molecule has 0 spiro atoms. The van der Waals surface area contributed by atoms with Gasteiger partial charge in [0.1, 0.15) is 0 Å². The maximum Gasteiger partial charge on any atom is 0.302 e. The van der Waals surface area contributed by atoms with E-state index >= 15 is 0 Å². The Morgan fingerprint density at radius 3 is 2.12 bits per heavy atom. The molecule has 0 bridgehead atoms. The number of ether oxygens (including phenoxy) is 1. The number of rotatable bonds is 8. The Labute approximate surface area is 143 Å². The number of carbonyl (C=O) groups excluding carboxylic acids is 1. The van der Waals surface area contributed by atoms with Crippen LogP contribution >= 0.6 is 0 Å². The summed E-state index contributed by atoms with van der Waals surface area (Å²) in [5.41, 5.74) is 2.06. The normalized spacial score (nSPS) is 11.2. The number of carbonyl (C=O) groups is 1. The lowest BCUT2D eigenvalue weighted by Gasteiger charge is -2.07. The number of hydrogen-bond donors (Lipinski definition) is 0. The zero-order chi connectivity index (χ0) is 17.4. The third kappa shape index (κ3) is 5.49. The van der Waals surface area contributed by atoms with Gasteiger partial charge in [-0.2, -0.15) is 0 Å². The summed E-state index contributed by atoms with van der Waals surface area (Å²) in [6.45, 7) is 1.71. The average Bonchev–Trinajstić information content (AvgIpc) is 2.58. The second-order valence-corrected chi connectivity index (χ2v) is 7.72. The molecule has 0 saturated carbocycles. The van der Waals surface area contributed by atoms with Crippen molar-refractivity contribution in [2.45, 2.75) is 31.1 Å². The molecule has 0 atom stereocenters.